The molecule has 3 heterocycles. The molecule has 44 heavy (non-hydrogen) atoms. The van der Waals surface area contributed by atoms with E-state index in [4.69, 9.17) is 9.47 Å². The lowest BCUT2D eigenvalue weighted by molar-refractivity contribution is -0.151. The summed E-state index contributed by atoms with van der Waals surface area (Å²) in [5.41, 5.74) is -0.547. The summed E-state index contributed by atoms with van der Waals surface area (Å²) in [4.78, 5) is 48.6. The Morgan fingerprint density at radius 2 is 1.77 bits per heavy atom. The maximum absolute atomic E-state index is 14.7. The zero-order valence-corrected chi connectivity index (χ0v) is 25.9. The zero-order chi connectivity index (χ0) is 31.6. The topological polar surface area (TPSA) is 99.6 Å². The van der Waals surface area contributed by atoms with Crippen molar-refractivity contribution in [1.29, 1.82) is 0 Å². The van der Waals surface area contributed by atoms with Crippen molar-refractivity contribution in [3.05, 3.63) is 85.5 Å². The molecule has 2 bridgehead atoms. The van der Waals surface area contributed by atoms with E-state index in [1.165, 1.54) is 0 Å². The maximum atomic E-state index is 14.7. The third kappa shape index (κ3) is 5.12. The van der Waals surface area contributed by atoms with Crippen LogP contribution in [-0.2, 0) is 25.7 Å². The third-order valence-corrected chi connectivity index (χ3v) is 9.71. The lowest BCUT2D eigenvalue weighted by Crippen LogP contribution is -2.57. The van der Waals surface area contributed by atoms with Gasteiger partial charge in [-0.1, -0.05) is 49.4 Å². The van der Waals surface area contributed by atoms with Gasteiger partial charge < -0.3 is 29.3 Å². The van der Waals surface area contributed by atoms with Crippen LogP contribution in [0.4, 0.5) is 5.69 Å². The minimum atomic E-state index is -1.20. The molecular formula is C35H43N3O6. The number of aliphatic hydroxyl groups excluding tert-OH is 1. The van der Waals surface area contributed by atoms with Crippen molar-refractivity contribution in [2.75, 3.05) is 38.3 Å². The highest BCUT2D eigenvalue weighted by Gasteiger charge is 2.80. The number of hydrogen-bond acceptors (Lipinski definition) is 6. The van der Waals surface area contributed by atoms with Gasteiger partial charge in [0.1, 0.15) is 17.4 Å². The second-order valence-corrected chi connectivity index (χ2v) is 12.2. The molecule has 1 spiro atoms. The Labute approximate surface area is 259 Å². The number of aliphatic hydroxyl groups is 1. The zero-order valence-electron chi connectivity index (χ0n) is 25.9. The quantitative estimate of drug-likeness (QED) is 0.351. The highest BCUT2D eigenvalue weighted by Crippen LogP contribution is 2.65. The number of carbonyl (C=O) groups excluding carboxylic acids is 3. The first kappa shape index (κ1) is 31.5. The molecule has 0 aromatic heterocycles. The van der Waals surface area contributed by atoms with Crippen LogP contribution >= 0.6 is 0 Å². The van der Waals surface area contributed by atoms with Crippen LogP contribution in [0.3, 0.4) is 0 Å². The van der Waals surface area contributed by atoms with Crippen molar-refractivity contribution in [3.63, 3.8) is 0 Å². The van der Waals surface area contributed by atoms with Gasteiger partial charge in [0.15, 0.2) is 0 Å². The van der Waals surface area contributed by atoms with E-state index in [9.17, 15) is 19.5 Å². The van der Waals surface area contributed by atoms with Gasteiger partial charge >= 0.3 is 0 Å². The molecule has 0 aliphatic carbocycles. The number of ether oxygens (including phenoxy) is 2. The Morgan fingerprint density at radius 3 is 2.39 bits per heavy atom. The summed E-state index contributed by atoms with van der Waals surface area (Å²) in [6, 6.07) is 15.9. The minimum Gasteiger partial charge on any atom is -0.497 e. The van der Waals surface area contributed by atoms with Gasteiger partial charge in [0.25, 0.3) is 5.91 Å². The smallest absolute Gasteiger partial charge is 0.253 e. The summed E-state index contributed by atoms with van der Waals surface area (Å²) in [5, 5.41) is 9.73. The van der Waals surface area contributed by atoms with Crippen LogP contribution in [0.2, 0.25) is 0 Å². The number of methoxy groups -OCH3 is 1. The average molecular weight is 602 g/mol. The van der Waals surface area contributed by atoms with Gasteiger partial charge in [-0.3, -0.25) is 14.4 Å². The second kappa shape index (κ2) is 12.6. The number of benzene rings is 2. The highest BCUT2D eigenvalue weighted by atomic mass is 16.5. The Balaban J connectivity index is 1.57. The van der Waals surface area contributed by atoms with Gasteiger partial charge in [-0.05, 0) is 55.5 Å². The molecule has 3 aliphatic heterocycles. The maximum Gasteiger partial charge on any atom is 0.253 e. The molecule has 3 amide bonds. The van der Waals surface area contributed by atoms with E-state index < -0.39 is 29.1 Å². The standard InChI is InChI=1S/C35H43N3O6/c1-6-18-36(23-25-12-9-8-10-13-25)31(40)28-29-32(41)38(20-11-21-39)30(35(29)22-24(3)34(28,4)44-35)33(42)37(19-7-2)26-14-16-27(43-5)17-15-26/h6-10,12-17,24,28-30,39H,1-2,11,18-23H2,3-5H3/t24?,28-,29+,30?,34+,35?/m1/s1. The first-order valence-electron chi connectivity index (χ1n) is 15.3. The van der Waals surface area contributed by atoms with Crippen molar-refractivity contribution in [1.82, 2.24) is 9.80 Å². The second-order valence-electron chi connectivity index (χ2n) is 12.2. The minimum absolute atomic E-state index is 0.0928. The fourth-order valence-corrected chi connectivity index (χ4v) is 7.63. The molecule has 9 heteroatoms. The summed E-state index contributed by atoms with van der Waals surface area (Å²) in [5.74, 6) is -1.84. The Morgan fingerprint density at radius 1 is 1.09 bits per heavy atom. The van der Waals surface area contributed by atoms with Crippen molar-refractivity contribution in [3.8, 4) is 5.75 Å². The normalized spacial score (nSPS) is 28.5. The monoisotopic (exact) mass is 601 g/mol. The van der Waals surface area contributed by atoms with E-state index in [0.717, 1.165) is 5.56 Å². The first-order chi connectivity index (χ1) is 21.2. The molecule has 9 nitrogen and oxygen atoms in total. The molecule has 3 saturated heterocycles. The van der Waals surface area contributed by atoms with E-state index in [2.05, 4.69) is 13.2 Å². The molecule has 234 valence electrons. The molecule has 1 N–H and O–H groups in total. The number of likely N-dealkylation sites (tertiary alicyclic amines) is 1. The van der Waals surface area contributed by atoms with E-state index in [-0.39, 0.29) is 43.3 Å². The number of anilines is 1. The van der Waals surface area contributed by atoms with Crippen molar-refractivity contribution in [2.45, 2.75) is 50.5 Å². The Hall–Kier alpha value is -3.95. The van der Waals surface area contributed by atoms with Crippen LogP contribution in [0, 0.1) is 17.8 Å². The summed E-state index contributed by atoms with van der Waals surface area (Å²) in [6.07, 6.45) is 4.09. The van der Waals surface area contributed by atoms with Crippen LogP contribution in [0.15, 0.2) is 79.9 Å². The number of hydrogen-bond donors (Lipinski definition) is 1. The van der Waals surface area contributed by atoms with Gasteiger partial charge in [-0.25, -0.2) is 0 Å². The number of rotatable bonds is 13. The Bertz CT molecular complexity index is 1400. The highest BCUT2D eigenvalue weighted by molar-refractivity contribution is 6.05. The SMILES string of the molecule is C=CCN(Cc1ccccc1)C(=O)[C@H]1[C@H]2C(=O)N(CCCO)C(C(=O)N(CC=C)c3ccc(OC)cc3)C23CC(C)[C@]1(C)O3. The van der Waals surface area contributed by atoms with Crippen molar-refractivity contribution < 1.29 is 29.0 Å². The van der Waals surface area contributed by atoms with Crippen LogP contribution in [0.5, 0.6) is 5.75 Å². The van der Waals surface area contributed by atoms with Crippen molar-refractivity contribution >= 4 is 23.4 Å². The molecule has 3 fully saturated rings. The molecule has 6 atom stereocenters. The van der Waals surface area contributed by atoms with Crippen molar-refractivity contribution in [2.24, 2.45) is 17.8 Å². The third-order valence-electron chi connectivity index (χ3n) is 9.71. The summed E-state index contributed by atoms with van der Waals surface area (Å²) in [6.45, 7) is 12.6. The molecule has 0 radical (unpaired) electrons. The summed E-state index contributed by atoms with van der Waals surface area (Å²) < 4.78 is 12.2. The Kier molecular flexibility index (Phi) is 9.00. The van der Waals surface area contributed by atoms with Gasteiger partial charge in [0, 0.05) is 38.5 Å². The number of carbonyl (C=O) groups is 3. The predicted molar refractivity (Wildman–Crippen MR) is 168 cm³/mol. The van der Waals surface area contributed by atoms with E-state index >= 15 is 0 Å². The lowest BCUT2D eigenvalue weighted by atomic mass is 9.62. The first-order valence-corrected chi connectivity index (χ1v) is 15.3. The van der Waals surface area contributed by atoms with E-state index in [1.54, 1.807) is 58.2 Å². The molecular weight excluding hydrogens is 558 g/mol. The van der Waals surface area contributed by atoms with Crippen LogP contribution in [0.1, 0.15) is 32.3 Å². The molecule has 0 saturated carbocycles. The number of nitrogens with zero attached hydrogens (tertiary/aromatic N) is 3. The fourth-order valence-electron chi connectivity index (χ4n) is 7.63. The van der Waals surface area contributed by atoms with Gasteiger partial charge in [0.05, 0.1) is 24.5 Å². The molecule has 3 unspecified atom stereocenters. The molecule has 3 aliphatic rings. The van der Waals surface area contributed by atoms with Gasteiger partial charge in [-0.2, -0.15) is 0 Å². The van der Waals surface area contributed by atoms with Crippen LogP contribution in [-0.4, -0.2) is 83.2 Å². The molecule has 2 aromatic rings. The lowest BCUT2D eigenvalue weighted by Gasteiger charge is -2.39. The number of amides is 3. The summed E-state index contributed by atoms with van der Waals surface area (Å²) in [7, 11) is 1.58. The van der Waals surface area contributed by atoms with Crippen LogP contribution < -0.4 is 9.64 Å². The van der Waals surface area contributed by atoms with Crippen LogP contribution in [0.25, 0.3) is 0 Å². The average Bonchev–Trinajstić information content (AvgIpc) is 3.54. The van der Waals surface area contributed by atoms with E-state index in [0.29, 0.717) is 37.4 Å². The summed E-state index contributed by atoms with van der Waals surface area (Å²) >= 11 is 0. The fraction of sp³-hybridized carbons (Fsp3) is 0.457. The van der Waals surface area contributed by atoms with E-state index in [1.807, 2.05) is 44.2 Å². The molecule has 5 rings (SSSR count). The number of fused-ring (bicyclic) bond motifs is 1. The van der Waals surface area contributed by atoms with Gasteiger partial charge in [-0.15, -0.1) is 13.2 Å². The van der Waals surface area contributed by atoms with Gasteiger partial charge in [0.2, 0.25) is 11.8 Å². The molecule has 2 aromatic carbocycles. The largest absolute Gasteiger partial charge is 0.497 e. The predicted octanol–water partition coefficient (Wildman–Crippen LogP) is 3.82.